The lowest BCUT2D eigenvalue weighted by molar-refractivity contribution is -0.144. The molecule has 0 spiro atoms. The zero-order valence-electron chi connectivity index (χ0n) is 77.0. The van der Waals surface area contributed by atoms with Crippen molar-refractivity contribution < 1.29 is 112 Å². The average Bonchev–Trinajstić information content (AvgIpc) is 1.57. The highest BCUT2D eigenvalue weighted by Gasteiger charge is 2.43. The molecule has 1 aliphatic rings. The monoisotopic (exact) mass is 1920 g/mol. The summed E-state index contributed by atoms with van der Waals surface area (Å²) < 4.78 is 0. The van der Waals surface area contributed by atoms with E-state index >= 15 is 19.2 Å². The molecule has 6 aromatic rings. The highest BCUT2D eigenvalue weighted by molar-refractivity contribution is 6.02. The number of aliphatic hydroxyl groups is 1. The number of hydrogen-bond donors (Lipinski definition) is 25. The van der Waals surface area contributed by atoms with Gasteiger partial charge in [-0.1, -0.05) is 137 Å². The topological polar surface area (TPSA) is 752 Å². The Hall–Kier alpha value is -15.2. The first-order valence-electron chi connectivity index (χ1n) is 45.1. The van der Waals surface area contributed by atoms with Gasteiger partial charge in [-0.3, -0.25) is 86.5 Å². The van der Waals surface area contributed by atoms with Gasteiger partial charge >= 0.3 is 11.9 Å². The number of aromatic amines is 1. The number of unbranched alkanes of at least 4 members (excludes halogenated alkanes) is 1. The lowest BCUT2D eigenvalue weighted by Crippen LogP contribution is -2.62. The number of carboxylic acids is 2. The molecule has 0 bridgehead atoms. The largest absolute Gasteiger partial charge is 0.508 e. The molecular weight excluding hydrogens is 1790 g/mol. The van der Waals surface area contributed by atoms with Crippen molar-refractivity contribution >= 4 is 123 Å². The first-order valence-corrected chi connectivity index (χ1v) is 45.1. The number of aliphatic carboxylic acids is 2. The third-order valence-electron chi connectivity index (χ3n) is 22.3. The number of aliphatic hydroxyl groups excluding tert-OH is 1. The number of fused-ring (bicyclic) bond motifs is 1. The van der Waals surface area contributed by atoms with Gasteiger partial charge in [-0.2, -0.15) is 0 Å². The first kappa shape index (κ1) is 110. The van der Waals surface area contributed by atoms with Crippen LogP contribution in [-0.4, -0.2) is 265 Å². The van der Waals surface area contributed by atoms with E-state index in [-0.39, 0.29) is 112 Å². The molecule has 746 valence electrons. The molecular formula is C93H126N22O23. The fourth-order valence-corrected chi connectivity index (χ4v) is 15.2. The minimum Gasteiger partial charge on any atom is -0.508 e. The number of aliphatic imine (C=N–C) groups is 1. The number of guanidine groups is 1. The van der Waals surface area contributed by atoms with E-state index in [0.717, 1.165) is 0 Å². The minimum atomic E-state index is -2.07. The van der Waals surface area contributed by atoms with Crippen LogP contribution >= 0.6 is 0 Å². The Bertz CT molecular complexity index is 5240. The summed E-state index contributed by atoms with van der Waals surface area (Å²) in [4.78, 5) is 261. The molecule has 14 atom stereocenters. The number of hydrogen-bond acceptors (Lipinski definition) is 24. The Balaban J connectivity index is 1.10. The first-order chi connectivity index (χ1) is 65.6. The molecule has 45 heteroatoms. The summed E-state index contributed by atoms with van der Waals surface area (Å²) >= 11 is 0. The van der Waals surface area contributed by atoms with Gasteiger partial charge in [0.25, 0.3) is 0 Å². The van der Waals surface area contributed by atoms with Crippen molar-refractivity contribution in [3.63, 3.8) is 0 Å². The van der Waals surface area contributed by atoms with Crippen LogP contribution in [0.1, 0.15) is 133 Å². The maximum absolute atomic E-state index is 15.2. The lowest BCUT2D eigenvalue weighted by Gasteiger charge is -2.31. The summed E-state index contributed by atoms with van der Waals surface area (Å²) in [6.07, 6.45) is -1.87. The van der Waals surface area contributed by atoms with Crippen LogP contribution in [0.2, 0.25) is 0 Å². The number of carbonyl (C=O) groups excluding carboxylic acids is 16. The van der Waals surface area contributed by atoms with Crippen molar-refractivity contribution in [3.05, 3.63) is 167 Å². The van der Waals surface area contributed by atoms with Crippen LogP contribution < -0.4 is 104 Å². The van der Waals surface area contributed by atoms with Gasteiger partial charge in [0, 0.05) is 62.3 Å². The van der Waals surface area contributed by atoms with Crippen molar-refractivity contribution in [1.29, 1.82) is 0 Å². The number of aromatic nitrogens is 1. The van der Waals surface area contributed by atoms with Crippen LogP contribution in [0.5, 0.6) is 11.5 Å². The molecule has 16 amide bonds. The standard InChI is InChI=1S/C93H126N22O23/c1-50(2)37-63(82(127)104-62(24-15-35-100-93(98)99)81(126)113-72(92(137)138)42-53-19-9-6-10-20-53)103-77(121)48-102-80(125)64(39-52-17-7-5-8-18-52)106-89(134)73(49-116)114-87(132)69(45-76(97)120)110-85(130)67(43-56-47-101-61-23-12-11-21-59(56)61)108-86(131)68(44-75(96)119)109-83(128)65(40-54-26-30-57(117)31-27-54)107-84(129)66(41-55-28-32-58(118)33-29-55)111-90(135)74-25-16-36-115(74)91(136)71(38-51(3)4)112-88(133)70(46-78(122)123)105-79(124)60(95)22-13-14-34-94/h5-12,17-21,23,26-33,47,50-51,60,62-74,101,116-118H,13-16,22,24-25,34-46,48-49,94-95H2,1-4H3,(H2,96,119)(H2,97,120)(H,102,125)(H,103,121)(H,104,127)(H,105,124)(H,106,134)(H,107,129)(H,108,131)(H,109,128)(H,110,130)(H,111,135)(H,112,133)(H,113,126)(H,114,132)(H,122,123)(H,137,138)(H4,98,99,100). The molecule has 0 aliphatic carbocycles. The number of carboxylic acid groups (broad SMARTS) is 2. The Morgan fingerprint density at radius 3 is 1.35 bits per heavy atom. The number of likely N-dealkylation sites (tertiary alicyclic amines) is 1. The second-order valence-electron chi connectivity index (χ2n) is 34.4. The van der Waals surface area contributed by atoms with E-state index in [1.54, 1.807) is 113 Å². The number of benzene rings is 5. The summed E-state index contributed by atoms with van der Waals surface area (Å²) in [5.74, 6) is -21.3. The van der Waals surface area contributed by atoms with Crippen LogP contribution in [0.3, 0.4) is 0 Å². The lowest BCUT2D eigenvalue weighted by atomic mass is 10.00. The second kappa shape index (κ2) is 55.0. The van der Waals surface area contributed by atoms with Gasteiger partial charge in [-0.05, 0) is 128 Å². The molecule has 1 aromatic heterocycles. The number of nitrogens with one attached hydrogen (secondary N) is 14. The molecule has 2 heterocycles. The number of amides is 16. The number of phenols is 2. The van der Waals surface area contributed by atoms with E-state index in [1.165, 1.54) is 59.6 Å². The number of para-hydroxylation sites is 1. The number of nitrogens with two attached hydrogens (primary N) is 6. The van der Waals surface area contributed by atoms with Crippen molar-refractivity contribution in [3.8, 4) is 11.5 Å². The van der Waals surface area contributed by atoms with Crippen LogP contribution in [-0.2, 0) is 118 Å². The van der Waals surface area contributed by atoms with Crippen molar-refractivity contribution in [2.75, 3.05) is 32.8 Å². The minimum absolute atomic E-state index is 0.00703. The van der Waals surface area contributed by atoms with E-state index in [2.05, 4.69) is 79.1 Å². The van der Waals surface area contributed by atoms with Gasteiger partial charge in [0.2, 0.25) is 94.5 Å². The Kier molecular flexibility index (Phi) is 43.8. The highest BCUT2D eigenvalue weighted by atomic mass is 16.4. The molecule has 14 unspecified atom stereocenters. The smallest absolute Gasteiger partial charge is 0.326 e. The molecule has 7 rings (SSSR count). The molecule has 1 aliphatic heterocycles. The summed E-state index contributed by atoms with van der Waals surface area (Å²) in [5, 5.41) is 84.1. The molecule has 0 saturated carbocycles. The molecule has 31 N–H and O–H groups in total. The van der Waals surface area contributed by atoms with E-state index in [0.29, 0.717) is 52.5 Å². The third-order valence-corrected chi connectivity index (χ3v) is 22.3. The zero-order valence-corrected chi connectivity index (χ0v) is 77.0. The van der Waals surface area contributed by atoms with Gasteiger partial charge in [-0.15, -0.1) is 0 Å². The van der Waals surface area contributed by atoms with Crippen molar-refractivity contribution in [2.24, 2.45) is 51.2 Å². The SMILES string of the molecule is CC(C)CC(NC(=O)CNC(=O)C(Cc1ccccc1)NC(=O)C(CO)NC(=O)C(CC(N)=O)NC(=O)C(Cc1c[nH]c2ccccc12)NC(=O)C(CC(N)=O)NC(=O)C(Cc1ccc(O)cc1)NC(=O)C(Cc1ccc(O)cc1)NC(=O)C1CCCN1C(=O)C(CC(C)C)NC(=O)C(CC(=O)O)NC(=O)C(N)CCCCN)C(=O)NC(CCCN=C(N)N)C(=O)NC(Cc1ccccc1)C(=O)O. The number of rotatable bonds is 57. The van der Waals surface area contributed by atoms with Gasteiger partial charge < -0.3 is 139 Å². The van der Waals surface area contributed by atoms with Crippen LogP contribution in [0.4, 0.5) is 0 Å². The van der Waals surface area contributed by atoms with Crippen molar-refractivity contribution in [2.45, 2.75) is 221 Å². The van der Waals surface area contributed by atoms with Gasteiger partial charge in [0.15, 0.2) is 5.96 Å². The number of H-pyrrole nitrogens is 1. The summed E-state index contributed by atoms with van der Waals surface area (Å²) in [6.45, 7) is 5.15. The summed E-state index contributed by atoms with van der Waals surface area (Å²) in [7, 11) is 0. The summed E-state index contributed by atoms with van der Waals surface area (Å²) in [6, 6.07) is 11.0. The molecule has 138 heavy (non-hydrogen) atoms. The number of phenolic OH excluding ortho intramolecular Hbond substituents is 2. The van der Waals surface area contributed by atoms with Crippen LogP contribution in [0, 0.1) is 11.8 Å². The maximum Gasteiger partial charge on any atom is 0.326 e. The maximum atomic E-state index is 15.2. The second-order valence-corrected chi connectivity index (χ2v) is 34.4. The number of carbonyl (C=O) groups is 18. The number of aromatic hydroxyl groups is 2. The van der Waals surface area contributed by atoms with E-state index < -0.39 is 236 Å². The summed E-state index contributed by atoms with van der Waals surface area (Å²) in [5.41, 5.74) is 36.6. The van der Waals surface area contributed by atoms with Gasteiger partial charge in [0.1, 0.15) is 90.0 Å². The van der Waals surface area contributed by atoms with E-state index in [1.807, 2.05) is 0 Å². The normalized spacial score (nSPS) is 15.1. The predicted molar refractivity (Wildman–Crippen MR) is 501 cm³/mol. The Morgan fingerprint density at radius 1 is 0.435 bits per heavy atom. The molecule has 45 nitrogen and oxygen atoms in total. The van der Waals surface area contributed by atoms with E-state index in [4.69, 9.17) is 34.4 Å². The van der Waals surface area contributed by atoms with Crippen molar-refractivity contribution in [1.82, 2.24) is 79.0 Å². The van der Waals surface area contributed by atoms with Gasteiger partial charge in [0.05, 0.1) is 38.5 Å². The fraction of sp³-hybridized carbons (Fsp3) is 0.452. The quantitative estimate of drug-likeness (QED) is 0.00981. The fourth-order valence-electron chi connectivity index (χ4n) is 15.2. The third kappa shape index (κ3) is 36.6. The van der Waals surface area contributed by atoms with Gasteiger partial charge in [-0.25, -0.2) is 4.79 Å². The highest BCUT2D eigenvalue weighted by Crippen LogP contribution is 2.25. The number of primary amides is 2. The Labute approximate surface area is 795 Å². The molecule has 1 saturated heterocycles. The zero-order chi connectivity index (χ0) is 101. The van der Waals surface area contributed by atoms with Crippen LogP contribution in [0.25, 0.3) is 10.9 Å². The van der Waals surface area contributed by atoms with E-state index in [9.17, 15) is 92.7 Å². The van der Waals surface area contributed by atoms with Crippen LogP contribution in [0.15, 0.2) is 145 Å². The Morgan fingerprint density at radius 2 is 0.848 bits per heavy atom. The number of nitrogens with zero attached hydrogens (tertiary/aromatic N) is 2. The molecule has 5 aromatic carbocycles. The molecule has 1 fully saturated rings. The molecule has 0 radical (unpaired) electrons. The predicted octanol–water partition coefficient (Wildman–Crippen LogP) is -4.08. The average molecular weight is 1920 g/mol.